The van der Waals surface area contributed by atoms with Gasteiger partial charge in [0, 0.05) is 20.6 Å². The van der Waals surface area contributed by atoms with Crippen LogP contribution in [0.5, 0.6) is 5.75 Å². The van der Waals surface area contributed by atoms with Gasteiger partial charge in [-0.05, 0) is 60.7 Å². The lowest BCUT2D eigenvalue weighted by Gasteiger charge is -2.07. The van der Waals surface area contributed by atoms with Gasteiger partial charge in [-0.3, -0.25) is 4.79 Å². The van der Waals surface area contributed by atoms with Gasteiger partial charge in [0.15, 0.2) is 18.2 Å². The molecule has 1 heterocycles. The first-order chi connectivity index (χ1) is 15.9. The van der Waals surface area contributed by atoms with E-state index in [1.165, 1.54) is 4.68 Å². The summed E-state index contributed by atoms with van der Waals surface area (Å²) in [6, 6.07) is 20.9. The van der Waals surface area contributed by atoms with Crippen LogP contribution in [0, 0.1) is 0 Å². The normalized spacial score (nSPS) is 10.6. The molecule has 9 heteroatoms. The maximum atomic E-state index is 12.7. The molecule has 0 fully saturated rings. The quantitative estimate of drug-likeness (QED) is 0.237. The Kier molecular flexibility index (Phi) is 6.86. The molecule has 33 heavy (non-hydrogen) atoms. The Morgan fingerprint density at radius 1 is 0.970 bits per heavy atom. The van der Waals surface area contributed by atoms with Gasteiger partial charge in [-0.2, -0.15) is 0 Å². The number of methoxy groups -OCH3 is 1. The molecule has 0 aliphatic rings. The van der Waals surface area contributed by atoms with E-state index >= 15 is 0 Å². The number of aromatic nitrogens is 3. The average molecular weight is 527 g/mol. The first-order valence-electron chi connectivity index (χ1n) is 9.78. The van der Waals surface area contributed by atoms with Crippen molar-refractivity contribution < 1.29 is 19.1 Å². The summed E-state index contributed by atoms with van der Waals surface area (Å²) in [6.07, 6.45) is 0. The molecule has 166 valence electrons. The minimum absolute atomic E-state index is 0.167. The minimum Gasteiger partial charge on any atom is -0.497 e. The summed E-state index contributed by atoms with van der Waals surface area (Å²) in [5.74, 6) is -0.202. The van der Waals surface area contributed by atoms with Crippen molar-refractivity contribution >= 4 is 39.3 Å². The number of benzene rings is 3. The Morgan fingerprint density at radius 3 is 2.27 bits per heavy atom. The standard InChI is InChI=1S/C24H17BrClN3O4/c1-32-20-12-10-19(11-13-20)29-23(16-4-8-18(26)9-5-16)27-22(28-29)24(31)33-14-21(30)15-2-6-17(25)7-3-15/h2-13H,14H2,1H3. The van der Waals surface area contributed by atoms with Gasteiger partial charge in [0.1, 0.15) is 5.75 Å². The lowest BCUT2D eigenvalue weighted by Crippen LogP contribution is -2.15. The van der Waals surface area contributed by atoms with Gasteiger partial charge < -0.3 is 9.47 Å². The smallest absolute Gasteiger partial charge is 0.378 e. The molecule has 0 aliphatic carbocycles. The zero-order valence-electron chi connectivity index (χ0n) is 17.4. The van der Waals surface area contributed by atoms with Gasteiger partial charge in [0.2, 0.25) is 0 Å². The lowest BCUT2D eigenvalue weighted by molar-refractivity contribution is 0.0462. The van der Waals surface area contributed by atoms with Crippen LogP contribution < -0.4 is 4.74 Å². The summed E-state index contributed by atoms with van der Waals surface area (Å²) < 4.78 is 12.8. The van der Waals surface area contributed by atoms with Crippen molar-refractivity contribution in [3.63, 3.8) is 0 Å². The van der Waals surface area contributed by atoms with Crippen LogP contribution in [0.25, 0.3) is 17.1 Å². The molecule has 0 unspecified atom stereocenters. The van der Waals surface area contributed by atoms with E-state index in [2.05, 4.69) is 26.0 Å². The van der Waals surface area contributed by atoms with Crippen LogP contribution in [-0.4, -0.2) is 40.2 Å². The number of esters is 1. The second-order valence-electron chi connectivity index (χ2n) is 6.88. The van der Waals surface area contributed by atoms with Gasteiger partial charge in [-0.1, -0.05) is 39.7 Å². The molecule has 7 nitrogen and oxygen atoms in total. The van der Waals surface area contributed by atoms with E-state index < -0.39 is 12.6 Å². The van der Waals surface area contributed by atoms with Crippen molar-refractivity contribution in [2.45, 2.75) is 0 Å². The summed E-state index contributed by atoms with van der Waals surface area (Å²) in [5.41, 5.74) is 1.80. The fourth-order valence-corrected chi connectivity index (χ4v) is 3.39. The van der Waals surface area contributed by atoms with Crippen LogP contribution in [0.1, 0.15) is 21.0 Å². The van der Waals surface area contributed by atoms with Crippen molar-refractivity contribution in [3.8, 4) is 22.8 Å². The fourth-order valence-electron chi connectivity index (χ4n) is 3.00. The molecule has 1 aromatic heterocycles. The maximum absolute atomic E-state index is 12.7. The number of hydrogen-bond donors (Lipinski definition) is 0. The minimum atomic E-state index is -0.803. The van der Waals surface area contributed by atoms with E-state index in [4.69, 9.17) is 21.1 Å². The van der Waals surface area contributed by atoms with Crippen LogP contribution in [0.15, 0.2) is 77.3 Å². The largest absolute Gasteiger partial charge is 0.497 e. The van der Waals surface area contributed by atoms with Gasteiger partial charge in [-0.15, -0.1) is 5.10 Å². The van der Waals surface area contributed by atoms with Crippen molar-refractivity contribution in [2.75, 3.05) is 13.7 Å². The Morgan fingerprint density at radius 2 is 1.64 bits per heavy atom. The molecular formula is C24H17BrClN3O4. The number of carbonyl (C=O) groups excluding carboxylic acids is 2. The number of ketones is 1. The molecule has 0 atom stereocenters. The molecule has 0 saturated carbocycles. The highest BCUT2D eigenvalue weighted by molar-refractivity contribution is 9.10. The summed E-state index contributed by atoms with van der Waals surface area (Å²) in [7, 11) is 1.58. The third-order valence-electron chi connectivity index (χ3n) is 4.71. The van der Waals surface area contributed by atoms with E-state index in [-0.39, 0.29) is 11.6 Å². The molecule has 0 saturated heterocycles. The van der Waals surface area contributed by atoms with Gasteiger partial charge in [0.05, 0.1) is 12.8 Å². The van der Waals surface area contributed by atoms with Gasteiger partial charge in [-0.25, -0.2) is 14.5 Å². The zero-order valence-corrected chi connectivity index (χ0v) is 19.7. The highest BCUT2D eigenvalue weighted by Crippen LogP contribution is 2.24. The molecule has 0 bridgehead atoms. The van der Waals surface area contributed by atoms with Crippen LogP contribution in [0.4, 0.5) is 0 Å². The van der Waals surface area contributed by atoms with E-state index in [0.29, 0.717) is 33.4 Å². The van der Waals surface area contributed by atoms with E-state index in [9.17, 15) is 9.59 Å². The maximum Gasteiger partial charge on any atom is 0.378 e. The highest BCUT2D eigenvalue weighted by Gasteiger charge is 2.21. The van der Waals surface area contributed by atoms with Crippen molar-refractivity contribution in [1.29, 1.82) is 0 Å². The second kappa shape index (κ2) is 9.97. The van der Waals surface area contributed by atoms with E-state index in [0.717, 1.165) is 4.47 Å². The van der Waals surface area contributed by atoms with Crippen LogP contribution in [0.2, 0.25) is 5.02 Å². The fraction of sp³-hybridized carbons (Fsp3) is 0.0833. The van der Waals surface area contributed by atoms with Gasteiger partial charge >= 0.3 is 5.97 Å². The van der Waals surface area contributed by atoms with Crippen LogP contribution >= 0.6 is 27.5 Å². The highest BCUT2D eigenvalue weighted by atomic mass is 79.9. The summed E-state index contributed by atoms with van der Waals surface area (Å²) in [4.78, 5) is 29.4. The van der Waals surface area contributed by atoms with Crippen molar-refractivity contribution in [2.24, 2.45) is 0 Å². The number of carbonyl (C=O) groups is 2. The summed E-state index contributed by atoms with van der Waals surface area (Å²) in [6.45, 7) is -0.423. The van der Waals surface area contributed by atoms with Crippen LogP contribution in [0.3, 0.4) is 0 Å². The molecule has 0 spiro atoms. The molecule has 4 rings (SSSR count). The number of ether oxygens (including phenoxy) is 2. The molecular weight excluding hydrogens is 510 g/mol. The lowest BCUT2D eigenvalue weighted by atomic mass is 10.1. The molecule has 0 amide bonds. The molecule has 0 radical (unpaired) electrons. The van der Waals surface area contributed by atoms with Crippen LogP contribution in [-0.2, 0) is 4.74 Å². The van der Waals surface area contributed by atoms with E-state index in [1.807, 2.05) is 0 Å². The Bertz CT molecular complexity index is 1290. The number of nitrogens with zero attached hydrogens (tertiary/aromatic N) is 3. The monoisotopic (exact) mass is 525 g/mol. The average Bonchev–Trinajstić information content (AvgIpc) is 3.29. The molecule has 0 aliphatic heterocycles. The second-order valence-corrected chi connectivity index (χ2v) is 8.23. The van der Waals surface area contributed by atoms with Crippen molar-refractivity contribution in [1.82, 2.24) is 14.8 Å². The number of halogens is 2. The molecule has 3 aromatic carbocycles. The Balaban J connectivity index is 1.61. The Labute approximate surface area is 203 Å². The van der Waals surface area contributed by atoms with E-state index in [1.54, 1.807) is 79.9 Å². The molecule has 4 aromatic rings. The number of hydrogen-bond acceptors (Lipinski definition) is 6. The first kappa shape index (κ1) is 22.7. The summed E-state index contributed by atoms with van der Waals surface area (Å²) >= 11 is 9.33. The Hall–Kier alpha value is -3.49. The third-order valence-corrected chi connectivity index (χ3v) is 5.49. The van der Waals surface area contributed by atoms with Crippen molar-refractivity contribution in [3.05, 3.63) is 93.7 Å². The number of Topliss-reactive ketones (excluding diaryl/α,β-unsaturated/α-hetero) is 1. The molecule has 0 N–H and O–H groups in total. The third kappa shape index (κ3) is 5.30. The first-order valence-corrected chi connectivity index (χ1v) is 10.9. The predicted molar refractivity (Wildman–Crippen MR) is 127 cm³/mol. The SMILES string of the molecule is COc1ccc(-n2nc(C(=O)OCC(=O)c3ccc(Br)cc3)nc2-c2ccc(Cl)cc2)cc1. The van der Waals surface area contributed by atoms with Gasteiger partial charge in [0.25, 0.3) is 5.82 Å². The predicted octanol–water partition coefficient (Wildman–Crippen LogP) is 5.40. The number of rotatable bonds is 7. The zero-order chi connectivity index (χ0) is 23.4. The topological polar surface area (TPSA) is 83.3 Å². The summed E-state index contributed by atoms with van der Waals surface area (Å²) in [5, 5.41) is 4.91.